The molecule has 0 aliphatic rings. The molecule has 8 heteroatoms. The van der Waals surface area contributed by atoms with E-state index in [0.29, 0.717) is 18.0 Å². The molecule has 0 unspecified atom stereocenters. The molecule has 3 aromatic rings. The molecular formula is C16H17N3O4S. The second kappa shape index (κ2) is 6.12. The van der Waals surface area contributed by atoms with Crippen molar-refractivity contribution in [1.82, 2.24) is 10.2 Å². The molecule has 0 spiro atoms. The van der Waals surface area contributed by atoms with Crippen molar-refractivity contribution < 1.29 is 17.3 Å². The van der Waals surface area contributed by atoms with Gasteiger partial charge in [-0.15, -0.1) is 10.2 Å². The van der Waals surface area contributed by atoms with Crippen LogP contribution >= 0.6 is 0 Å². The van der Waals surface area contributed by atoms with Gasteiger partial charge in [0.2, 0.25) is 11.0 Å². The fourth-order valence-electron chi connectivity index (χ4n) is 2.09. The SMILES string of the molecule is CCc1nnc(-c2ccc(S(=O)(=O)Nc3ccc(C)c(C)c3)o2)o1. The van der Waals surface area contributed by atoms with E-state index in [-0.39, 0.29) is 16.7 Å². The summed E-state index contributed by atoms with van der Waals surface area (Å²) in [6.45, 7) is 5.75. The Labute approximate surface area is 139 Å². The molecule has 2 heterocycles. The van der Waals surface area contributed by atoms with E-state index in [9.17, 15) is 8.42 Å². The summed E-state index contributed by atoms with van der Waals surface area (Å²) in [6.07, 6.45) is 0.590. The van der Waals surface area contributed by atoms with Gasteiger partial charge in [0.25, 0.3) is 15.9 Å². The van der Waals surface area contributed by atoms with E-state index in [0.717, 1.165) is 11.1 Å². The van der Waals surface area contributed by atoms with Crippen LogP contribution in [-0.2, 0) is 16.4 Å². The molecule has 0 aliphatic heterocycles. The van der Waals surface area contributed by atoms with Crippen molar-refractivity contribution in [2.45, 2.75) is 32.3 Å². The predicted molar refractivity (Wildman–Crippen MR) is 88.1 cm³/mol. The third-order valence-corrected chi connectivity index (χ3v) is 4.84. The molecule has 0 bridgehead atoms. The number of aryl methyl sites for hydroxylation is 3. The number of sulfonamides is 1. The number of hydrogen-bond acceptors (Lipinski definition) is 6. The molecule has 1 N–H and O–H groups in total. The Kier molecular flexibility index (Phi) is 4.15. The molecular weight excluding hydrogens is 330 g/mol. The number of aromatic nitrogens is 2. The number of rotatable bonds is 5. The standard InChI is InChI=1S/C16H17N3O4S/c1-4-14-17-18-16(23-14)13-7-8-15(22-13)24(20,21)19-12-6-5-10(2)11(3)9-12/h5-9,19H,4H2,1-3H3. The number of hydrogen-bond donors (Lipinski definition) is 1. The topological polar surface area (TPSA) is 98.2 Å². The van der Waals surface area contributed by atoms with Crippen LogP contribution in [0.15, 0.2) is 44.3 Å². The minimum atomic E-state index is -3.84. The summed E-state index contributed by atoms with van der Waals surface area (Å²) < 4.78 is 38.1. The Morgan fingerprint density at radius 2 is 1.83 bits per heavy atom. The molecule has 126 valence electrons. The monoisotopic (exact) mass is 347 g/mol. The molecule has 0 fully saturated rings. The first-order chi connectivity index (χ1) is 11.4. The lowest BCUT2D eigenvalue weighted by atomic mass is 10.1. The van der Waals surface area contributed by atoms with Crippen LogP contribution in [-0.4, -0.2) is 18.6 Å². The van der Waals surface area contributed by atoms with E-state index in [1.807, 2.05) is 26.8 Å². The second-order valence-corrected chi connectivity index (χ2v) is 6.99. The average Bonchev–Trinajstić information content (AvgIpc) is 3.19. The first-order valence-electron chi connectivity index (χ1n) is 7.41. The fraction of sp³-hybridized carbons (Fsp3) is 0.250. The van der Waals surface area contributed by atoms with E-state index < -0.39 is 10.0 Å². The minimum Gasteiger partial charge on any atom is -0.438 e. The van der Waals surface area contributed by atoms with E-state index >= 15 is 0 Å². The van der Waals surface area contributed by atoms with Gasteiger partial charge in [-0.1, -0.05) is 13.0 Å². The predicted octanol–water partition coefficient (Wildman–Crippen LogP) is 3.31. The maximum Gasteiger partial charge on any atom is 0.295 e. The highest BCUT2D eigenvalue weighted by atomic mass is 32.2. The van der Waals surface area contributed by atoms with Gasteiger partial charge in [-0.25, -0.2) is 0 Å². The smallest absolute Gasteiger partial charge is 0.295 e. The summed E-state index contributed by atoms with van der Waals surface area (Å²) in [5.41, 5.74) is 2.55. The van der Waals surface area contributed by atoms with Crippen LogP contribution in [0.3, 0.4) is 0 Å². The Hall–Kier alpha value is -2.61. The van der Waals surface area contributed by atoms with Crippen molar-refractivity contribution in [3.8, 4) is 11.7 Å². The lowest BCUT2D eigenvalue weighted by Gasteiger charge is -2.07. The van der Waals surface area contributed by atoms with Crippen molar-refractivity contribution in [3.05, 3.63) is 47.3 Å². The zero-order valence-electron chi connectivity index (χ0n) is 13.5. The van der Waals surface area contributed by atoms with Crippen molar-refractivity contribution in [1.29, 1.82) is 0 Å². The maximum absolute atomic E-state index is 12.4. The van der Waals surface area contributed by atoms with Gasteiger partial charge in [0.15, 0.2) is 5.76 Å². The Balaban J connectivity index is 1.86. The Morgan fingerprint density at radius 3 is 2.50 bits per heavy atom. The van der Waals surface area contributed by atoms with Crippen LogP contribution in [0.2, 0.25) is 0 Å². The number of furan rings is 1. The highest BCUT2D eigenvalue weighted by Crippen LogP contribution is 2.25. The van der Waals surface area contributed by atoms with Crippen molar-refractivity contribution in [3.63, 3.8) is 0 Å². The van der Waals surface area contributed by atoms with Crippen LogP contribution in [0.5, 0.6) is 0 Å². The molecule has 0 saturated carbocycles. The van der Waals surface area contributed by atoms with Crippen LogP contribution < -0.4 is 4.72 Å². The number of benzene rings is 1. The van der Waals surface area contributed by atoms with Gasteiger partial charge in [0, 0.05) is 12.1 Å². The number of nitrogens with zero attached hydrogens (tertiary/aromatic N) is 2. The summed E-state index contributed by atoms with van der Waals surface area (Å²) in [4.78, 5) is 0. The summed E-state index contributed by atoms with van der Waals surface area (Å²) in [5, 5.41) is 7.44. The van der Waals surface area contributed by atoms with Crippen LogP contribution in [0.25, 0.3) is 11.7 Å². The summed E-state index contributed by atoms with van der Waals surface area (Å²) in [7, 11) is -3.84. The van der Waals surface area contributed by atoms with Crippen molar-refractivity contribution in [2.24, 2.45) is 0 Å². The molecule has 0 amide bonds. The molecule has 2 aromatic heterocycles. The third-order valence-electron chi connectivity index (χ3n) is 3.59. The van der Waals surface area contributed by atoms with E-state index in [4.69, 9.17) is 8.83 Å². The van der Waals surface area contributed by atoms with Gasteiger partial charge in [-0.05, 0) is 49.2 Å². The van der Waals surface area contributed by atoms with E-state index in [2.05, 4.69) is 14.9 Å². The van der Waals surface area contributed by atoms with Crippen LogP contribution in [0.4, 0.5) is 5.69 Å². The van der Waals surface area contributed by atoms with E-state index in [1.165, 1.54) is 12.1 Å². The largest absolute Gasteiger partial charge is 0.438 e. The number of nitrogens with one attached hydrogen (secondary N) is 1. The lowest BCUT2D eigenvalue weighted by Crippen LogP contribution is -2.12. The van der Waals surface area contributed by atoms with Gasteiger partial charge in [0.1, 0.15) is 0 Å². The molecule has 1 aromatic carbocycles. The molecule has 24 heavy (non-hydrogen) atoms. The zero-order chi connectivity index (χ0) is 17.3. The van der Waals surface area contributed by atoms with Crippen LogP contribution in [0, 0.1) is 13.8 Å². The normalized spacial score (nSPS) is 11.6. The van der Waals surface area contributed by atoms with Gasteiger partial charge < -0.3 is 8.83 Å². The molecule has 7 nitrogen and oxygen atoms in total. The van der Waals surface area contributed by atoms with E-state index in [1.54, 1.807) is 12.1 Å². The maximum atomic E-state index is 12.4. The summed E-state index contributed by atoms with van der Waals surface area (Å²) >= 11 is 0. The Morgan fingerprint density at radius 1 is 1.04 bits per heavy atom. The van der Waals surface area contributed by atoms with Gasteiger partial charge in [-0.3, -0.25) is 4.72 Å². The molecule has 3 rings (SSSR count). The molecule has 0 aliphatic carbocycles. The first-order valence-corrected chi connectivity index (χ1v) is 8.90. The van der Waals surface area contributed by atoms with Gasteiger partial charge in [-0.2, -0.15) is 8.42 Å². The zero-order valence-corrected chi connectivity index (χ0v) is 14.3. The molecule has 0 atom stereocenters. The highest BCUT2D eigenvalue weighted by molar-refractivity contribution is 7.92. The van der Waals surface area contributed by atoms with Crippen molar-refractivity contribution in [2.75, 3.05) is 4.72 Å². The highest BCUT2D eigenvalue weighted by Gasteiger charge is 2.21. The van der Waals surface area contributed by atoms with Crippen LogP contribution in [0.1, 0.15) is 23.9 Å². The summed E-state index contributed by atoms with van der Waals surface area (Å²) in [6, 6.07) is 8.17. The first kappa shape index (κ1) is 16.3. The second-order valence-electron chi connectivity index (χ2n) is 5.38. The number of anilines is 1. The third kappa shape index (κ3) is 3.18. The fourth-order valence-corrected chi connectivity index (χ4v) is 3.07. The summed E-state index contributed by atoms with van der Waals surface area (Å²) in [5.74, 6) is 0.821. The van der Waals surface area contributed by atoms with Crippen molar-refractivity contribution >= 4 is 15.7 Å². The average molecular weight is 347 g/mol. The molecule has 0 saturated heterocycles. The minimum absolute atomic E-state index is 0.152. The van der Waals surface area contributed by atoms with Gasteiger partial charge in [0.05, 0.1) is 0 Å². The Bertz CT molecular complexity index is 973. The molecule has 0 radical (unpaired) electrons. The lowest BCUT2D eigenvalue weighted by molar-refractivity contribution is 0.436. The van der Waals surface area contributed by atoms with Gasteiger partial charge >= 0.3 is 0 Å². The quantitative estimate of drug-likeness (QED) is 0.760.